The molecule has 10 heteroatoms. The molecule has 34 heavy (non-hydrogen) atoms. The van der Waals surface area contributed by atoms with Crippen molar-refractivity contribution in [1.82, 2.24) is 4.57 Å². The van der Waals surface area contributed by atoms with E-state index in [4.69, 9.17) is 9.47 Å². The molecule has 0 saturated carbocycles. The molecule has 0 amide bonds. The summed E-state index contributed by atoms with van der Waals surface area (Å²) in [6.07, 6.45) is -5.34. The Balaban J connectivity index is 1.99. The van der Waals surface area contributed by atoms with Crippen LogP contribution in [0.1, 0.15) is 32.3 Å². The number of alkyl halides is 3. The van der Waals surface area contributed by atoms with E-state index in [1.54, 1.807) is 0 Å². The van der Waals surface area contributed by atoms with E-state index in [0.29, 0.717) is 25.4 Å². The van der Waals surface area contributed by atoms with Gasteiger partial charge in [0.1, 0.15) is 6.10 Å². The van der Waals surface area contributed by atoms with Gasteiger partial charge in [-0.3, -0.25) is 4.79 Å². The molecule has 2 heterocycles. The Morgan fingerprint density at radius 3 is 2.50 bits per heavy atom. The highest BCUT2D eigenvalue weighted by Gasteiger charge is 2.51. The molecular weight excluding hydrogens is 458 g/mol. The molecule has 3 aromatic rings. The van der Waals surface area contributed by atoms with Crippen LogP contribution in [0.5, 0.6) is 5.75 Å². The van der Waals surface area contributed by atoms with Crippen LogP contribution in [0.4, 0.5) is 17.6 Å². The van der Waals surface area contributed by atoms with Gasteiger partial charge in [-0.2, -0.15) is 13.2 Å². The number of benzene rings is 2. The normalized spacial score (nSPS) is 20.7. The maximum atomic E-state index is 14.9. The predicted molar refractivity (Wildman–Crippen MR) is 117 cm³/mol. The molecule has 1 saturated heterocycles. The van der Waals surface area contributed by atoms with Gasteiger partial charge in [-0.05, 0) is 43.2 Å². The first-order chi connectivity index (χ1) is 16.0. The van der Waals surface area contributed by atoms with Crippen molar-refractivity contribution in [1.29, 1.82) is 0 Å². The van der Waals surface area contributed by atoms with Gasteiger partial charge >= 0.3 is 6.18 Å². The second-order valence-corrected chi connectivity index (χ2v) is 8.70. The Bertz CT molecular complexity index is 1280. The molecule has 6 nitrogen and oxygen atoms in total. The quantitative estimate of drug-likeness (QED) is 0.409. The van der Waals surface area contributed by atoms with E-state index in [2.05, 4.69) is 0 Å². The number of nitrogens with zero attached hydrogens (tertiary/aromatic N) is 1. The number of aromatic nitrogens is 1. The largest absolute Gasteiger partial charge is 0.482 e. The summed E-state index contributed by atoms with van der Waals surface area (Å²) in [5.74, 6) is -1.11. The lowest BCUT2D eigenvalue weighted by atomic mass is 9.92. The molecule has 0 radical (unpaired) electrons. The standard InChI is InChI=1S/C24H25F4NO5/c1-3-4-7-29-18-6-5-13(23(2,32)24(26,27)28)8-15(18)14-10-20(17(25)9-16(14)22(29)31)34-21-12-33-11-19(21)30/h5-6,8-10,19,21,30,32H,3-4,7,11-12H2,1-2H3/t19-,21+,23?/m0/s1. The fourth-order valence-corrected chi connectivity index (χ4v) is 4.09. The van der Waals surface area contributed by atoms with E-state index in [9.17, 15) is 32.6 Å². The van der Waals surface area contributed by atoms with Crippen molar-refractivity contribution in [2.24, 2.45) is 0 Å². The van der Waals surface area contributed by atoms with Crippen LogP contribution >= 0.6 is 0 Å². The first kappa shape index (κ1) is 24.4. The summed E-state index contributed by atoms with van der Waals surface area (Å²) in [5, 5.41) is 20.5. The van der Waals surface area contributed by atoms with Gasteiger partial charge in [-0.15, -0.1) is 0 Å². The van der Waals surface area contributed by atoms with Crippen molar-refractivity contribution in [3.05, 3.63) is 52.1 Å². The summed E-state index contributed by atoms with van der Waals surface area (Å²) in [6, 6.07) is 5.90. The summed E-state index contributed by atoms with van der Waals surface area (Å²) in [7, 11) is 0. The van der Waals surface area contributed by atoms with Crippen molar-refractivity contribution in [3.8, 4) is 5.75 Å². The average Bonchev–Trinajstić information content (AvgIpc) is 3.18. The Morgan fingerprint density at radius 1 is 1.15 bits per heavy atom. The third-order valence-corrected chi connectivity index (χ3v) is 6.25. The zero-order chi connectivity index (χ0) is 24.8. The summed E-state index contributed by atoms with van der Waals surface area (Å²) in [5.41, 5.74) is -3.68. The summed E-state index contributed by atoms with van der Waals surface area (Å²) >= 11 is 0. The van der Waals surface area contributed by atoms with Gasteiger partial charge in [0.05, 0.1) is 24.1 Å². The Hall–Kier alpha value is -2.69. The van der Waals surface area contributed by atoms with Crippen LogP contribution in [0.25, 0.3) is 21.7 Å². The van der Waals surface area contributed by atoms with Crippen LogP contribution < -0.4 is 10.3 Å². The van der Waals surface area contributed by atoms with E-state index in [1.807, 2.05) is 6.92 Å². The minimum absolute atomic E-state index is 0.0273. The van der Waals surface area contributed by atoms with E-state index < -0.39 is 40.9 Å². The first-order valence-corrected chi connectivity index (χ1v) is 11.0. The Kier molecular flexibility index (Phi) is 6.34. The summed E-state index contributed by atoms with van der Waals surface area (Å²) in [6.45, 7) is 2.94. The number of ether oxygens (including phenoxy) is 2. The van der Waals surface area contributed by atoms with Gasteiger partial charge in [-0.25, -0.2) is 4.39 Å². The van der Waals surface area contributed by atoms with E-state index >= 15 is 0 Å². The van der Waals surface area contributed by atoms with Gasteiger partial charge in [0.15, 0.2) is 23.3 Å². The molecule has 184 valence electrons. The third kappa shape index (κ3) is 4.14. The number of unbranched alkanes of at least 4 members (excludes halogenated alkanes) is 1. The summed E-state index contributed by atoms with van der Waals surface area (Å²) in [4.78, 5) is 13.2. The first-order valence-electron chi connectivity index (χ1n) is 11.0. The van der Waals surface area contributed by atoms with E-state index in [0.717, 1.165) is 18.6 Å². The van der Waals surface area contributed by atoms with Gasteiger partial charge in [-0.1, -0.05) is 19.4 Å². The molecule has 4 rings (SSSR count). The number of hydrogen-bond acceptors (Lipinski definition) is 5. The van der Waals surface area contributed by atoms with Crippen LogP contribution in [-0.2, 0) is 16.9 Å². The fraction of sp³-hybridized carbons (Fsp3) is 0.458. The summed E-state index contributed by atoms with van der Waals surface area (Å²) < 4.78 is 67.5. The molecule has 2 aromatic carbocycles. The third-order valence-electron chi connectivity index (χ3n) is 6.25. The molecule has 0 aliphatic carbocycles. The number of pyridine rings is 1. The lowest BCUT2D eigenvalue weighted by molar-refractivity contribution is -0.258. The van der Waals surface area contributed by atoms with Crippen molar-refractivity contribution in [2.45, 2.75) is 57.2 Å². The highest BCUT2D eigenvalue weighted by atomic mass is 19.4. The molecule has 1 aliphatic heterocycles. The number of halogens is 4. The molecule has 2 N–H and O–H groups in total. The molecule has 1 aliphatic rings. The molecule has 1 aromatic heterocycles. The van der Waals surface area contributed by atoms with Crippen LogP contribution in [0.15, 0.2) is 35.1 Å². The van der Waals surface area contributed by atoms with E-state index in [1.165, 1.54) is 22.8 Å². The van der Waals surface area contributed by atoms with Gasteiger partial charge in [0.25, 0.3) is 5.56 Å². The number of aliphatic hydroxyl groups excluding tert-OH is 1. The van der Waals surface area contributed by atoms with Crippen LogP contribution in [0.3, 0.4) is 0 Å². The Morgan fingerprint density at radius 2 is 1.88 bits per heavy atom. The van der Waals surface area contributed by atoms with Crippen LogP contribution in [-0.4, -0.2) is 46.4 Å². The average molecular weight is 483 g/mol. The van der Waals surface area contributed by atoms with Crippen molar-refractivity contribution < 1.29 is 37.2 Å². The van der Waals surface area contributed by atoms with Gasteiger partial charge in [0.2, 0.25) is 0 Å². The van der Waals surface area contributed by atoms with Crippen LogP contribution in [0.2, 0.25) is 0 Å². The topological polar surface area (TPSA) is 80.9 Å². The molecule has 0 bridgehead atoms. The zero-order valence-corrected chi connectivity index (χ0v) is 18.7. The highest BCUT2D eigenvalue weighted by Crippen LogP contribution is 2.40. The fourth-order valence-electron chi connectivity index (χ4n) is 4.09. The molecule has 1 fully saturated rings. The highest BCUT2D eigenvalue weighted by molar-refractivity contribution is 6.06. The SMILES string of the molecule is CCCCn1c(=O)c2cc(F)c(O[C@@H]3COC[C@@H]3O)cc2c2cc(C(C)(O)C(F)(F)F)ccc21. The Labute approximate surface area is 192 Å². The second kappa shape index (κ2) is 8.83. The maximum absolute atomic E-state index is 14.9. The van der Waals surface area contributed by atoms with Crippen LogP contribution in [0, 0.1) is 5.82 Å². The van der Waals surface area contributed by atoms with Gasteiger partial charge < -0.3 is 24.3 Å². The minimum Gasteiger partial charge on any atom is -0.482 e. The molecule has 3 atom stereocenters. The monoisotopic (exact) mass is 483 g/mol. The number of fused-ring (bicyclic) bond motifs is 3. The lowest BCUT2D eigenvalue weighted by Crippen LogP contribution is -2.39. The number of aliphatic hydroxyl groups is 2. The molecule has 1 unspecified atom stereocenters. The van der Waals surface area contributed by atoms with E-state index in [-0.39, 0.29) is 35.1 Å². The lowest BCUT2D eigenvalue weighted by Gasteiger charge is -2.27. The molecular formula is C24H25F4NO5. The number of hydrogen-bond donors (Lipinski definition) is 2. The van der Waals surface area contributed by atoms with Gasteiger partial charge in [0, 0.05) is 17.3 Å². The molecule has 0 spiro atoms. The maximum Gasteiger partial charge on any atom is 0.421 e. The smallest absolute Gasteiger partial charge is 0.421 e. The zero-order valence-electron chi connectivity index (χ0n) is 18.7. The van der Waals surface area contributed by atoms with Crippen molar-refractivity contribution >= 4 is 21.7 Å². The minimum atomic E-state index is -4.94. The van der Waals surface area contributed by atoms with Crippen molar-refractivity contribution in [2.75, 3.05) is 13.2 Å². The number of rotatable bonds is 6. The predicted octanol–water partition coefficient (Wildman–Crippen LogP) is 4.00. The van der Waals surface area contributed by atoms with Crippen molar-refractivity contribution in [3.63, 3.8) is 0 Å². The second-order valence-electron chi connectivity index (χ2n) is 8.70. The number of aryl methyl sites for hydroxylation is 1.